The summed E-state index contributed by atoms with van der Waals surface area (Å²) in [4.78, 5) is 0.159. The minimum atomic E-state index is -3.62. The van der Waals surface area contributed by atoms with Crippen LogP contribution in [-0.2, 0) is 14.8 Å². The average Bonchev–Trinajstić information content (AvgIpc) is 2.77. The fourth-order valence-corrected chi connectivity index (χ4v) is 3.92. The van der Waals surface area contributed by atoms with Gasteiger partial charge in [0.05, 0.1) is 11.0 Å². The number of halogens is 1. The highest BCUT2D eigenvalue weighted by atomic mass is 32.2. The highest BCUT2D eigenvalue weighted by Crippen LogP contribution is 2.21. The molecule has 106 valence electrons. The molecule has 0 bridgehead atoms. The van der Waals surface area contributed by atoms with Gasteiger partial charge in [-0.15, -0.1) is 0 Å². The predicted molar refractivity (Wildman–Crippen MR) is 70.0 cm³/mol. The number of benzene rings is 1. The number of hydrogen-bond donors (Lipinski definition) is 1. The Bertz CT molecular complexity index is 542. The summed E-state index contributed by atoms with van der Waals surface area (Å²) >= 11 is 0. The number of hydrogen-bond acceptors (Lipinski definition) is 3. The first-order chi connectivity index (χ1) is 8.90. The summed E-state index contributed by atoms with van der Waals surface area (Å²) in [6, 6.07) is 2.46. The van der Waals surface area contributed by atoms with Gasteiger partial charge in [0.15, 0.2) is 0 Å². The van der Waals surface area contributed by atoms with Crippen molar-refractivity contribution < 1.29 is 17.5 Å². The molecule has 4 nitrogen and oxygen atoms in total. The van der Waals surface area contributed by atoms with Gasteiger partial charge in [0.2, 0.25) is 10.0 Å². The van der Waals surface area contributed by atoms with Crippen LogP contribution in [0.3, 0.4) is 0 Å². The zero-order valence-corrected chi connectivity index (χ0v) is 11.9. The second kappa shape index (κ2) is 5.56. The summed E-state index contributed by atoms with van der Waals surface area (Å²) in [5.41, 5.74) is 0.828. The summed E-state index contributed by atoms with van der Waals surface area (Å²) in [6.45, 7) is 4.13. The molecule has 0 aliphatic carbocycles. The van der Waals surface area contributed by atoms with E-state index >= 15 is 0 Å². The Morgan fingerprint density at radius 3 is 2.53 bits per heavy atom. The largest absolute Gasteiger partial charge is 0.377 e. The van der Waals surface area contributed by atoms with E-state index in [4.69, 9.17) is 4.74 Å². The second-order valence-electron chi connectivity index (χ2n) is 4.86. The zero-order chi connectivity index (χ0) is 14.0. The van der Waals surface area contributed by atoms with Gasteiger partial charge in [0.25, 0.3) is 0 Å². The molecule has 0 saturated carbocycles. The monoisotopic (exact) mass is 287 g/mol. The van der Waals surface area contributed by atoms with Crippen molar-refractivity contribution in [1.29, 1.82) is 0 Å². The molecule has 1 fully saturated rings. The van der Waals surface area contributed by atoms with Crippen LogP contribution in [0.15, 0.2) is 17.0 Å². The van der Waals surface area contributed by atoms with Gasteiger partial charge in [-0.3, -0.25) is 0 Å². The minimum Gasteiger partial charge on any atom is -0.377 e. The fraction of sp³-hybridized carbons (Fsp3) is 0.538. The summed E-state index contributed by atoms with van der Waals surface area (Å²) < 4.78 is 45.6. The summed E-state index contributed by atoms with van der Waals surface area (Å²) in [5.74, 6) is -0.423. The van der Waals surface area contributed by atoms with E-state index in [-0.39, 0.29) is 17.5 Å². The van der Waals surface area contributed by atoms with Crippen LogP contribution in [0.25, 0.3) is 0 Å². The first kappa shape index (κ1) is 14.4. The van der Waals surface area contributed by atoms with Crippen LogP contribution in [0.5, 0.6) is 0 Å². The maximum absolute atomic E-state index is 13.2. The molecule has 1 aromatic carbocycles. The third-order valence-corrected chi connectivity index (χ3v) is 4.95. The quantitative estimate of drug-likeness (QED) is 0.920. The molecule has 6 heteroatoms. The lowest BCUT2D eigenvalue weighted by molar-refractivity contribution is 0.114. The molecule has 0 spiro atoms. The summed E-state index contributed by atoms with van der Waals surface area (Å²) in [6.07, 6.45) is 1.76. The van der Waals surface area contributed by atoms with Crippen molar-refractivity contribution >= 4 is 10.0 Å². The topological polar surface area (TPSA) is 55.4 Å². The van der Waals surface area contributed by atoms with Gasteiger partial charge in [-0.1, -0.05) is 0 Å². The molecule has 0 radical (unpaired) electrons. The third-order valence-electron chi connectivity index (χ3n) is 3.22. The predicted octanol–water partition coefficient (Wildman–Crippen LogP) is 1.90. The van der Waals surface area contributed by atoms with Crippen LogP contribution >= 0.6 is 0 Å². The molecule has 1 unspecified atom stereocenters. The van der Waals surface area contributed by atoms with Crippen LogP contribution in [-0.4, -0.2) is 27.7 Å². The molecule has 1 aliphatic rings. The molecule has 1 N–H and O–H groups in total. The standard InChI is InChI=1S/C13H18FNO3S/c1-9-6-11(14)7-10(2)13(9)19(16,17)15-8-12-4-3-5-18-12/h6-7,12,15H,3-5,8H2,1-2H3. The zero-order valence-electron chi connectivity index (χ0n) is 11.1. The molecule has 1 atom stereocenters. The van der Waals surface area contributed by atoms with Crippen LogP contribution in [0.2, 0.25) is 0 Å². The van der Waals surface area contributed by atoms with Gasteiger partial charge >= 0.3 is 0 Å². The second-order valence-corrected chi connectivity index (χ2v) is 6.56. The maximum Gasteiger partial charge on any atom is 0.241 e. The van der Waals surface area contributed by atoms with E-state index in [2.05, 4.69) is 4.72 Å². The number of aryl methyl sites for hydroxylation is 2. The Labute approximate surface area is 113 Å². The highest BCUT2D eigenvalue weighted by Gasteiger charge is 2.23. The van der Waals surface area contributed by atoms with Gasteiger partial charge in [-0.2, -0.15) is 0 Å². The Morgan fingerprint density at radius 1 is 1.37 bits per heavy atom. The van der Waals surface area contributed by atoms with E-state index in [1.165, 1.54) is 12.1 Å². The molecule has 1 aliphatic heterocycles. The Kier molecular flexibility index (Phi) is 4.23. The average molecular weight is 287 g/mol. The van der Waals surface area contributed by atoms with Crippen molar-refractivity contribution in [1.82, 2.24) is 4.72 Å². The molecule has 0 amide bonds. The molecule has 1 aromatic rings. The fourth-order valence-electron chi connectivity index (χ4n) is 2.40. The van der Waals surface area contributed by atoms with Gasteiger partial charge < -0.3 is 4.74 Å². The van der Waals surface area contributed by atoms with Gasteiger partial charge in [0, 0.05) is 13.2 Å². The normalized spacial score (nSPS) is 19.8. The number of nitrogens with one attached hydrogen (secondary N) is 1. The van der Waals surface area contributed by atoms with Crippen LogP contribution in [0, 0.1) is 19.7 Å². The van der Waals surface area contributed by atoms with Crippen LogP contribution in [0.4, 0.5) is 4.39 Å². The SMILES string of the molecule is Cc1cc(F)cc(C)c1S(=O)(=O)NCC1CCCO1. The Morgan fingerprint density at radius 2 is 2.00 bits per heavy atom. The molecule has 1 heterocycles. The lowest BCUT2D eigenvalue weighted by Gasteiger charge is -2.14. The first-order valence-corrected chi connectivity index (χ1v) is 7.76. The molecule has 2 rings (SSSR count). The van der Waals surface area contributed by atoms with Gasteiger partial charge in [-0.25, -0.2) is 17.5 Å². The van der Waals surface area contributed by atoms with Crippen molar-refractivity contribution in [3.05, 3.63) is 29.1 Å². The molecule has 0 aromatic heterocycles. The van der Waals surface area contributed by atoms with Crippen molar-refractivity contribution in [2.75, 3.05) is 13.2 Å². The van der Waals surface area contributed by atoms with E-state index in [0.29, 0.717) is 17.7 Å². The van der Waals surface area contributed by atoms with E-state index < -0.39 is 15.8 Å². The van der Waals surface area contributed by atoms with E-state index in [9.17, 15) is 12.8 Å². The molecular weight excluding hydrogens is 269 g/mol. The number of sulfonamides is 1. The molecule has 19 heavy (non-hydrogen) atoms. The van der Waals surface area contributed by atoms with Crippen molar-refractivity contribution in [3.63, 3.8) is 0 Å². The third kappa shape index (κ3) is 3.32. The molecule has 1 saturated heterocycles. The number of rotatable bonds is 4. The van der Waals surface area contributed by atoms with E-state index in [1.807, 2.05) is 0 Å². The van der Waals surface area contributed by atoms with Gasteiger partial charge in [-0.05, 0) is 49.9 Å². The Balaban J connectivity index is 2.19. The minimum absolute atomic E-state index is 0.0594. The first-order valence-electron chi connectivity index (χ1n) is 6.28. The number of ether oxygens (including phenoxy) is 1. The maximum atomic E-state index is 13.2. The van der Waals surface area contributed by atoms with Crippen LogP contribution < -0.4 is 4.72 Å². The summed E-state index contributed by atoms with van der Waals surface area (Å²) in [5, 5.41) is 0. The highest BCUT2D eigenvalue weighted by molar-refractivity contribution is 7.89. The molecular formula is C13H18FNO3S. The lowest BCUT2D eigenvalue weighted by Crippen LogP contribution is -2.32. The van der Waals surface area contributed by atoms with Crippen molar-refractivity contribution in [3.8, 4) is 0 Å². The van der Waals surface area contributed by atoms with E-state index in [1.54, 1.807) is 13.8 Å². The van der Waals surface area contributed by atoms with Crippen molar-refractivity contribution in [2.45, 2.75) is 37.7 Å². The van der Waals surface area contributed by atoms with Crippen LogP contribution in [0.1, 0.15) is 24.0 Å². The van der Waals surface area contributed by atoms with E-state index in [0.717, 1.165) is 12.8 Å². The Hall–Kier alpha value is -0.980. The van der Waals surface area contributed by atoms with Gasteiger partial charge in [0.1, 0.15) is 5.82 Å². The lowest BCUT2D eigenvalue weighted by atomic mass is 10.1. The summed E-state index contributed by atoms with van der Waals surface area (Å²) in [7, 11) is -3.62. The smallest absolute Gasteiger partial charge is 0.241 e. The van der Waals surface area contributed by atoms with Crippen molar-refractivity contribution in [2.24, 2.45) is 0 Å².